The van der Waals surface area contributed by atoms with Gasteiger partial charge < -0.3 is 5.32 Å². The van der Waals surface area contributed by atoms with E-state index in [0.717, 1.165) is 29.4 Å². The molecular weight excluding hydrogens is 214 g/mol. The molecule has 1 rings (SSSR count). The molecule has 0 amide bonds. The predicted octanol–water partition coefficient (Wildman–Crippen LogP) is 2.92. The Balaban J connectivity index is 2.10. The van der Waals surface area contributed by atoms with E-state index in [1.807, 2.05) is 0 Å². The smallest absolute Gasteiger partial charge is 0.0265 e. The van der Waals surface area contributed by atoms with Crippen LogP contribution in [0.5, 0.6) is 0 Å². The highest BCUT2D eigenvalue weighted by Crippen LogP contribution is 2.30. The van der Waals surface area contributed by atoms with Crippen LogP contribution in [0.4, 0.5) is 0 Å². The molecule has 1 fully saturated rings. The van der Waals surface area contributed by atoms with Crippen LogP contribution in [0.15, 0.2) is 11.1 Å². The molecule has 0 aromatic heterocycles. The first-order valence-corrected chi connectivity index (χ1v) is 5.53. The maximum absolute atomic E-state index is 3.79. The molecule has 2 heteroatoms. The summed E-state index contributed by atoms with van der Waals surface area (Å²) in [5.74, 6) is 1.82. The van der Waals surface area contributed by atoms with Gasteiger partial charge in [-0.1, -0.05) is 42.3 Å². The van der Waals surface area contributed by atoms with E-state index < -0.39 is 0 Å². The van der Waals surface area contributed by atoms with Gasteiger partial charge in [-0.25, -0.2) is 0 Å². The topological polar surface area (TPSA) is 12.0 Å². The van der Waals surface area contributed by atoms with Crippen LogP contribution in [0, 0.1) is 11.8 Å². The second kappa shape index (κ2) is 5.03. The fourth-order valence-electron chi connectivity index (χ4n) is 1.92. The van der Waals surface area contributed by atoms with Crippen molar-refractivity contribution in [2.24, 2.45) is 11.8 Å². The van der Waals surface area contributed by atoms with Crippen LogP contribution in [0.3, 0.4) is 0 Å². The van der Waals surface area contributed by atoms with Gasteiger partial charge in [0.2, 0.25) is 0 Å². The van der Waals surface area contributed by atoms with Crippen LogP contribution in [-0.2, 0) is 0 Å². The van der Waals surface area contributed by atoms with E-state index in [9.17, 15) is 0 Å². The van der Waals surface area contributed by atoms with E-state index in [-0.39, 0.29) is 0 Å². The van der Waals surface area contributed by atoms with Crippen LogP contribution in [-0.4, -0.2) is 13.1 Å². The number of halogens is 1. The Bertz CT molecular complexity index is 156. The van der Waals surface area contributed by atoms with Gasteiger partial charge in [0.1, 0.15) is 0 Å². The molecule has 70 valence electrons. The van der Waals surface area contributed by atoms with E-state index in [2.05, 4.69) is 34.7 Å². The molecule has 0 aromatic carbocycles. The molecule has 0 saturated heterocycles. The molecule has 0 bridgehead atoms. The molecule has 0 aromatic rings. The second-order valence-corrected chi connectivity index (χ2v) is 4.94. The van der Waals surface area contributed by atoms with Crippen molar-refractivity contribution < 1.29 is 0 Å². The van der Waals surface area contributed by atoms with E-state index in [4.69, 9.17) is 0 Å². The highest BCUT2D eigenvalue weighted by molar-refractivity contribution is 9.11. The van der Waals surface area contributed by atoms with Gasteiger partial charge in [0.05, 0.1) is 0 Å². The summed E-state index contributed by atoms with van der Waals surface area (Å²) in [6.07, 6.45) is 4.24. The van der Waals surface area contributed by atoms with Gasteiger partial charge in [-0.2, -0.15) is 0 Å². The Morgan fingerprint density at radius 2 is 2.33 bits per heavy atom. The lowest BCUT2D eigenvalue weighted by molar-refractivity contribution is 0.399. The first-order valence-electron chi connectivity index (χ1n) is 4.74. The summed E-state index contributed by atoms with van der Waals surface area (Å²) in [6.45, 7) is 8.22. The lowest BCUT2D eigenvalue weighted by Crippen LogP contribution is -2.25. The zero-order chi connectivity index (χ0) is 8.97. The molecule has 1 nitrogen and oxygen atoms in total. The van der Waals surface area contributed by atoms with Crippen LogP contribution in [0.2, 0.25) is 0 Å². The van der Waals surface area contributed by atoms with Gasteiger partial charge in [0, 0.05) is 11.0 Å². The van der Waals surface area contributed by atoms with Gasteiger partial charge in [-0.15, -0.1) is 0 Å². The second-order valence-electron chi connectivity index (χ2n) is 3.82. The van der Waals surface area contributed by atoms with E-state index in [1.54, 1.807) is 0 Å². The summed E-state index contributed by atoms with van der Waals surface area (Å²) >= 11 is 3.34. The normalized spacial score (nSPS) is 29.2. The Morgan fingerprint density at radius 1 is 1.58 bits per heavy atom. The quantitative estimate of drug-likeness (QED) is 0.785. The lowest BCUT2D eigenvalue weighted by atomic mass is 9.98. The van der Waals surface area contributed by atoms with Crippen molar-refractivity contribution in [1.82, 2.24) is 5.32 Å². The van der Waals surface area contributed by atoms with E-state index >= 15 is 0 Å². The summed E-state index contributed by atoms with van der Waals surface area (Å²) in [4.78, 5) is 0. The van der Waals surface area contributed by atoms with E-state index in [1.165, 1.54) is 19.3 Å². The van der Waals surface area contributed by atoms with E-state index in [0.29, 0.717) is 0 Å². The Hall–Kier alpha value is 0.180. The van der Waals surface area contributed by atoms with Gasteiger partial charge in [0.25, 0.3) is 0 Å². The zero-order valence-electron chi connectivity index (χ0n) is 7.78. The molecule has 0 spiro atoms. The number of hydrogen-bond donors (Lipinski definition) is 1. The fourth-order valence-corrected chi connectivity index (χ4v) is 2.12. The molecule has 2 unspecified atom stereocenters. The maximum atomic E-state index is 3.79. The molecule has 2 atom stereocenters. The van der Waals surface area contributed by atoms with Crippen molar-refractivity contribution in [3.05, 3.63) is 11.1 Å². The number of nitrogens with one attached hydrogen (secondary N) is 1. The highest BCUT2D eigenvalue weighted by Gasteiger charge is 2.22. The minimum atomic E-state index is 0.900. The molecule has 1 N–H and O–H groups in total. The molecular formula is C10H18BrN. The fraction of sp³-hybridized carbons (Fsp3) is 0.800. The number of hydrogen-bond acceptors (Lipinski definition) is 1. The molecule has 1 saturated carbocycles. The minimum Gasteiger partial charge on any atom is -0.312 e. The molecule has 1 aliphatic rings. The molecule has 1 aliphatic carbocycles. The summed E-state index contributed by atoms with van der Waals surface area (Å²) < 4.78 is 1.05. The summed E-state index contributed by atoms with van der Waals surface area (Å²) in [5.41, 5.74) is 0. The highest BCUT2D eigenvalue weighted by atomic mass is 79.9. The molecule has 0 radical (unpaired) electrons. The van der Waals surface area contributed by atoms with Crippen molar-refractivity contribution in [1.29, 1.82) is 0 Å². The van der Waals surface area contributed by atoms with Crippen molar-refractivity contribution in [3.8, 4) is 0 Å². The number of rotatable bonds is 4. The third-order valence-corrected chi connectivity index (χ3v) is 3.04. The first-order chi connectivity index (χ1) is 5.70. The van der Waals surface area contributed by atoms with Crippen molar-refractivity contribution in [3.63, 3.8) is 0 Å². The van der Waals surface area contributed by atoms with Gasteiger partial charge >= 0.3 is 0 Å². The van der Waals surface area contributed by atoms with Crippen LogP contribution in [0.1, 0.15) is 26.2 Å². The Labute approximate surface area is 83.7 Å². The SMILES string of the molecule is C=C(Br)CNCC1CCCC1C. The van der Waals surface area contributed by atoms with Crippen molar-refractivity contribution in [2.45, 2.75) is 26.2 Å². The van der Waals surface area contributed by atoms with Crippen LogP contribution in [0.25, 0.3) is 0 Å². The predicted molar refractivity (Wildman–Crippen MR) is 57.4 cm³/mol. The minimum absolute atomic E-state index is 0.900. The Morgan fingerprint density at radius 3 is 2.83 bits per heavy atom. The standard InChI is InChI=1S/C10H18BrN/c1-8-4-3-5-10(8)7-12-6-9(2)11/h8,10,12H,2-7H2,1H3. The third kappa shape index (κ3) is 3.28. The summed E-state index contributed by atoms with van der Waals surface area (Å²) in [5, 5.41) is 3.41. The third-order valence-electron chi connectivity index (χ3n) is 2.76. The van der Waals surface area contributed by atoms with Gasteiger partial charge in [-0.3, -0.25) is 0 Å². The Kier molecular flexibility index (Phi) is 4.30. The van der Waals surface area contributed by atoms with Crippen LogP contribution >= 0.6 is 15.9 Å². The lowest BCUT2D eigenvalue weighted by Gasteiger charge is -2.15. The molecule has 0 heterocycles. The monoisotopic (exact) mass is 231 g/mol. The largest absolute Gasteiger partial charge is 0.312 e. The zero-order valence-corrected chi connectivity index (χ0v) is 9.36. The summed E-state index contributed by atoms with van der Waals surface area (Å²) in [7, 11) is 0. The van der Waals surface area contributed by atoms with Gasteiger partial charge in [0.15, 0.2) is 0 Å². The van der Waals surface area contributed by atoms with Crippen molar-refractivity contribution >= 4 is 15.9 Å². The maximum Gasteiger partial charge on any atom is 0.0265 e. The summed E-state index contributed by atoms with van der Waals surface area (Å²) in [6, 6.07) is 0. The average Bonchev–Trinajstić information content (AvgIpc) is 2.36. The first kappa shape index (κ1) is 10.3. The van der Waals surface area contributed by atoms with Crippen LogP contribution < -0.4 is 5.32 Å². The van der Waals surface area contributed by atoms with Crippen molar-refractivity contribution in [2.75, 3.05) is 13.1 Å². The molecule has 12 heavy (non-hydrogen) atoms. The van der Waals surface area contributed by atoms with Gasteiger partial charge in [-0.05, 0) is 24.8 Å². The average molecular weight is 232 g/mol. The molecule has 0 aliphatic heterocycles.